The molecule has 0 spiro atoms. The van der Waals surface area contributed by atoms with Gasteiger partial charge in [0.25, 0.3) is 0 Å². The Bertz CT molecular complexity index is 958. The molecule has 174 valence electrons. The fourth-order valence-corrected chi connectivity index (χ4v) is 2.89. The smallest absolute Gasteiger partial charge is 0.216 e. The minimum absolute atomic E-state index is 0. The lowest BCUT2D eigenvalue weighted by molar-refractivity contribution is 0.145. The zero-order valence-electron chi connectivity index (χ0n) is 18.7. The molecule has 0 bridgehead atoms. The summed E-state index contributed by atoms with van der Waals surface area (Å²) in [5.41, 5.74) is 2.17. The quantitative estimate of drug-likeness (QED) is 0.144. The number of furan rings is 1. The second-order valence-corrected chi connectivity index (χ2v) is 6.91. The maximum absolute atomic E-state index is 5.86. The lowest BCUT2D eigenvalue weighted by Gasteiger charge is -2.13. The monoisotopic (exact) mass is 554 g/mol. The van der Waals surface area contributed by atoms with Crippen LogP contribution in [0.15, 0.2) is 46.0 Å². The molecule has 0 radical (unpaired) electrons. The van der Waals surface area contributed by atoms with Crippen molar-refractivity contribution < 1.29 is 13.9 Å². The molecule has 0 saturated heterocycles. The van der Waals surface area contributed by atoms with Gasteiger partial charge in [-0.3, -0.25) is 5.10 Å². The van der Waals surface area contributed by atoms with Gasteiger partial charge in [0, 0.05) is 32.2 Å². The Morgan fingerprint density at radius 3 is 2.84 bits per heavy atom. The summed E-state index contributed by atoms with van der Waals surface area (Å²) in [5.74, 6) is 3.55. The summed E-state index contributed by atoms with van der Waals surface area (Å²) in [6.07, 6.45) is 2.28. The lowest BCUT2D eigenvalue weighted by atomic mass is 10.1. The molecule has 9 nitrogen and oxygen atoms in total. The minimum Gasteiger partial charge on any atom is -0.491 e. The van der Waals surface area contributed by atoms with Crippen LogP contribution in [0, 0.1) is 6.92 Å². The normalized spacial score (nSPS) is 11.2. The van der Waals surface area contributed by atoms with Crippen molar-refractivity contribution >= 4 is 29.9 Å². The number of methoxy groups -OCH3 is 1. The SMILES string of the molecule is CCNC(=NCc1ccc(C)cc1OCCOC)NCCc1nc(-c2ccco2)n[nH]1.I. The first-order valence-corrected chi connectivity index (χ1v) is 10.4. The molecule has 0 atom stereocenters. The highest BCUT2D eigenvalue weighted by molar-refractivity contribution is 14.0. The van der Waals surface area contributed by atoms with E-state index in [1.807, 2.05) is 32.0 Å². The molecule has 0 fully saturated rings. The molecular formula is C22H31IN6O3. The van der Waals surface area contributed by atoms with E-state index in [4.69, 9.17) is 18.9 Å². The third-order valence-corrected chi connectivity index (χ3v) is 4.45. The van der Waals surface area contributed by atoms with Crippen molar-refractivity contribution in [3.8, 4) is 17.3 Å². The Morgan fingerprint density at radius 2 is 2.09 bits per heavy atom. The molecular weight excluding hydrogens is 523 g/mol. The average molecular weight is 554 g/mol. The van der Waals surface area contributed by atoms with Crippen LogP contribution >= 0.6 is 24.0 Å². The number of hydrogen-bond donors (Lipinski definition) is 3. The summed E-state index contributed by atoms with van der Waals surface area (Å²) in [6.45, 7) is 7.06. The molecule has 2 heterocycles. The van der Waals surface area contributed by atoms with E-state index in [0.29, 0.717) is 44.3 Å². The van der Waals surface area contributed by atoms with Gasteiger partial charge in [0.15, 0.2) is 11.7 Å². The zero-order valence-corrected chi connectivity index (χ0v) is 21.0. The van der Waals surface area contributed by atoms with Crippen LogP contribution in [0.1, 0.15) is 23.9 Å². The predicted octanol–water partition coefficient (Wildman–Crippen LogP) is 3.31. The van der Waals surface area contributed by atoms with E-state index in [9.17, 15) is 0 Å². The third kappa shape index (κ3) is 7.83. The molecule has 0 amide bonds. The number of halogens is 1. The minimum atomic E-state index is 0. The van der Waals surface area contributed by atoms with Gasteiger partial charge in [-0.05, 0) is 37.6 Å². The van der Waals surface area contributed by atoms with Gasteiger partial charge in [-0.15, -0.1) is 24.0 Å². The molecule has 0 aliphatic heterocycles. The van der Waals surface area contributed by atoms with Gasteiger partial charge in [-0.25, -0.2) is 9.98 Å². The van der Waals surface area contributed by atoms with E-state index in [2.05, 4.69) is 37.9 Å². The summed E-state index contributed by atoms with van der Waals surface area (Å²) < 4.78 is 16.3. The number of aryl methyl sites for hydroxylation is 1. The number of guanidine groups is 1. The van der Waals surface area contributed by atoms with Crippen molar-refractivity contribution in [1.82, 2.24) is 25.8 Å². The van der Waals surface area contributed by atoms with E-state index >= 15 is 0 Å². The third-order valence-electron chi connectivity index (χ3n) is 4.45. The van der Waals surface area contributed by atoms with E-state index in [1.165, 1.54) is 0 Å². The van der Waals surface area contributed by atoms with Gasteiger partial charge in [0.1, 0.15) is 18.2 Å². The number of benzene rings is 1. The first kappa shape index (κ1) is 25.7. The summed E-state index contributed by atoms with van der Waals surface area (Å²) >= 11 is 0. The van der Waals surface area contributed by atoms with Gasteiger partial charge in [0.2, 0.25) is 5.82 Å². The maximum Gasteiger partial charge on any atom is 0.216 e. The number of aromatic nitrogens is 3. The largest absolute Gasteiger partial charge is 0.491 e. The van der Waals surface area contributed by atoms with Crippen molar-refractivity contribution in [2.75, 3.05) is 33.4 Å². The molecule has 0 saturated carbocycles. The van der Waals surface area contributed by atoms with E-state index < -0.39 is 0 Å². The summed E-state index contributed by atoms with van der Waals surface area (Å²) in [4.78, 5) is 9.16. The predicted molar refractivity (Wildman–Crippen MR) is 135 cm³/mol. The summed E-state index contributed by atoms with van der Waals surface area (Å²) in [5, 5.41) is 13.7. The Labute approximate surface area is 205 Å². The maximum atomic E-state index is 5.86. The Hall–Kier alpha value is -2.60. The Balaban J connectivity index is 0.00000363. The molecule has 3 rings (SSSR count). The van der Waals surface area contributed by atoms with Crippen LogP contribution in [0.3, 0.4) is 0 Å². The molecule has 32 heavy (non-hydrogen) atoms. The van der Waals surface area contributed by atoms with Crippen molar-refractivity contribution in [3.63, 3.8) is 0 Å². The average Bonchev–Trinajstić information content (AvgIpc) is 3.45. The number of hydrogen-bond acceptors (Lipinski definition) is 6. The van der Waals surface area contributed by atoms with Crippen LogP contribution in [0.4, 0.5) is 0 Å². The topological polar surface area (TPSA) is 110 Å². The van der Waals surface area contributed by atoms with Crippen LogP contribution in [0.25, 0.3) is 11.6 Å². The van der Waals surface area contributed by atoms with Gasteiger partial charge in [-0.2, -0.15) is 5.10 Å². The number of aliphatic imine (C=N–C) groups is 1. The molecule has 1 aromatic carbocycles. The van der Waals surface area contributed by atoms with Gasteiger partial charge in [0.05, 0.1) is 19.4 Å². The molecule has 3 N–H and O–H groups in total. The number of ether oxygens (including phenoxy) is 2. The first-order chi connectivity index (χ1) is 15.2. The van der Waals surface area contributed by atoms with E-state index in [-0.39, 0.29) is 24.0 Å². The second-order valence-electron chi connectivity index (χ2n) is 6.91. The van der Waals surface area contributed by atoms with Crippen molar-refractivity contribution in [1.29, 1.82) is 0 Å². The molecule has 2 aromatic heterocycles. The number of rotatable bonds is 11. The number of nitrogens with one attached hydrogen (secondary N) is 3. The van der Waals surface area contributed by atoms with Crippen molar-refractivity contribution in [3.05, 3.63) is 53.5 Å². The highest BCUT2D eigenvalue weighted by atomic mass is 127. The van der Waals surface area contributed by atoms with Crippen LogP contribution < -0.4 is 15.4 Å². The number of nitrogens with zero attached hydrogens (tertiary/aromatic N) is 3. The highest BCUT2D eigenvalue weighted by Gasteiger charge is 2.09. The van der Waals surface area contributed by atoms with Crippen LogP contribution in [0.5, 0.6) is 5.75 Å². The zero-order chi connectivity index (χ0) is 21.9. The second kappa shape index (κ2) is 13.7. The van der Waals surface area contributed by atoms with E-state index in [0.717, 1.165) is 35.2 Å². The first-order valence-electron chi connectivity index (χ1n) is 10.4. The van der Waals surface area contributed by atoms with Gasteiger partial charge < -0.3 is 24.5 Å². The molecule has 3 aromatic rings. The van der Waals surface area contributed by atoms with Crippen LogP contribution in [0.2, 0.25) is 0 Å². The standard InChI is InChI=1S/C22H30N6O3.HI/c1-4-23-22(24-10-9-20-26-21(28-27-20)18-6-5-11-30-18)25-15-17-8-7-16(2)14-19(17)31-13-12-29-3;/h5-8,11,14H,4,9-10,12-13,15H2,1-3H3,(H2,23,24,25)(H,26,27,28);1H. The van der Waals surface area contributed by atoms with Crippen molar-refractivity contribution in [2.24, 2.45) is 4.99 Å². The van der Waals surface area contributed by atoms with Crippen LogP contribution in [-0.4, -0.2) is 54.6 Å². The van der Waals surface area contributed by atoms with Crippen LogP contribution in [-0.2, 0) is 17.7 Å². The Kier molecular flexibility index (Phi) is 11.0. The fraction of sp³-hybridized carbons (Fsp3) is 0.409. The van der Waals surface area contributed by atoms with E-state index in [1.54, 1.807) is 13.4 Å². The fourth-order valence-electron chi connectivity index (χ4n) is 2.89. The molecule has 10 heteroatoms. The summed E-state index contributed by atoms with van der Waals surface area (Å²) in [6, 6.07) is 9.79. The lowest BCUT2D eigenvalue weighted by Crippen LogP contribution is -2.38. The van der Waals surface area contributed by atoms with Gasteiger partial charge in [-0.1, -0.05) is 12.1 Å². The molecule has 0 unspecified atom stereocenters. The Morgan fingerprint density at radius 1 is 1.22 bits per heavy atom. The van der Waals surface area contributed by atoms with Gasteiger partial charge >= 0.3 is 0 Å². The van der Waals surface area contributed by atoms with Crippen molar-refractivity contribution in [2.45, 2.75) is 26.8 Å². The summed E-state index contributed by atoms with van der Waals surface area (Å²) in [7, 11) is 1.66. The number of aromatic amines is 1. The molecule has 0 aliphatic rings. The highest BCUT2D eigenvalue weighted by Crippen LogP contribution is 2.21. The number of H-pyrrole nitrogens is 1. The molecule has 0 aliphatic carbocycles.